The lowest BCUT2D eigenvalue weighted by molar-refractivity contribution is 0.333. The van der Waals surface area contributed by atoms with E-state index in [4.69, 9.17) is 0 Å². The van der Waals surface area contributed by atoms with Crippen molar-refractivity contribution in [1.82, 2.24) is 4.98 Å². The molecular weight excluding hydrogens is 184 g/mol. The quantitative estimate of drug-likeness (QED) is 0.734. The van der Waals surface area contributed by atoms with Gasteiger partial charge in [0, 0.05) is 6.20 Å². The first-order chi connectivity index (χ1) is 7.42. The maximum absolute atomic E-state index is 9.24. The molecule has 1 atom stereocenters. The van der Waals surface area contributed by atoms with Crippen LogP contribution in [0.1, 0.15) is 43.7 Å². The summed E-state index contributed by atoms with van der Waals surface area (Å²) < 4.78 is 0. The van der Waals surface area contributed by atoms with Gasteiger partial charge >= 0.3 is 0 Å². The molecule has 0 bridgehead atoms. The Balaban J connectivity index is 2.14. The van der Waals surface area contributed by atoms with Gasteiger partial charge in [0.15, 0.2) is 0 Å². The Kier molecular flexibility index (Phi) is 3.34. The minimum atomic E-state index is 0.00602. The zero-order valence-electron chi connectivity index (χ0n) is 8.89. The molecule has 0 radical (unpaired) electrons. The molecule has 1 aromatic heterocycles. The molecule has 0 N–H and O–H groups in total. The Hall–Kier alpha value is -1.36. The fraction of sp³-hybridized carbons (Fsp3) is 0.538. The van der Waals surface area contributed by atoms with Gasteiger partial charge in [-0.15, -0.1) is 0 Å². The third-order valence-electron chi connectivity index (χ3n) is 3.27. The van der Waals surface area contributed by atoms with Crippen LogP contribution in [0.5, 0.6) is 0 Å². The normalized spacial score (nSPS) is 19.4. The summed E-state index contributed by atoms with van der Waals surface area (Å²) in [7, 11) is 0. The van der Waals surface area contributed by atoms with Crippen molar-refractivity contribution >= 4 is 0 Å². The van der Waals surface area contributed by atoms with Gasteiger partial charge in [0.2, 0.25) is 0 Å². The lowest BCUT2D eigenvalue weighted by Crippen LogP contribution is -2.15. The number of pyridine rings is 1. The molecule has 1 saturated carbocycles. The highest BCUT2D eigenvalue weighted by molar-refractivity contribution is 5.18. The standard InChI is InChI=1S/C13H16N2/c14-10-12(11-6-2-1-3-7-11)13-8-4-5-9-15-13/h4-5,8-9,11-12H,1-3,6-7H2. The SMILES string of the molecule is N#CC(c1ccccn1)C1CCCCC1. The average molecular weight is 200 g/mol. The predicted molar refractivity (Wildman–Crippen MR) is 59.2 cm³/mol. The van der Waals surface area contributed by atoms with Crippen molar-refractivity contribution in [3.05, 3.63) is 30.1 Å². The van der Waals surface area contributed by atoms with Crippen molar-refractivity contribution in [2.24, 2.45) is 5.92 Å². The zero-order valence-corrected chi connectivity index (χ0v) is 8.89. The van der Waals surface area contributed by atoms with Crippen LogP contribution in [0.4, 0.5) is 0 Å². The van der Waals surface area contributed by atoms with E-state index in [0.717, 1.165) is 5.69 Å². The van der Waals surface area contributed by atoms with Gasteiger partial charge in [0.05, 0.1) is 17.7 Å². The van der Waals surface area contributed by atoms with Gasteiger partial charge in [-0.25, -0.2) is 0 Å². The van der Waals surface area contributed by atoms with Gasteiger partial charge < -0.3 is 0 Å². The average Bonchev–Trinajstić information content (AvgIpc) is 2.33. The molecule has 0 aliphatic heterocycles. The molecule has 1 unspecified atom stereocenters. The lowest BCUT2D eigenvalue weighted by atomic mass is 9.79. The summed E-state index contributed by atoms with van der Waals surface area (Å²) in [6.07, 6.45) is 8.04. The van der Waals surface area contributed by atoms with Crippen molar-refractivity contribution in [1.29, 1.82) is 5.26 Å². The molecule has 0 spiro atoms. The molecule has 78 valence electrons. The van der Waals surface area contributed by atoms with Crippen molar-refractivity contribution in [3.63, 3.8) is 0 Å². The van der Waals surface area contributed by atoms with Crippen LogP contribution in [0, 0.1) is 17.2 Å². The van der Waals surface area contributed by atoms with E-state index in [0.29, 0.717) is 5.92 Å². The topological polar surface area (TPSA) is 36.7 Å². The summed E-state index contributed by atoms with van der Waals surface area (Å²) in [6, 6.07) is 8.27. The summed E-state index contributed by atoms with van der Waals surface area (Å²) in [6.45, 7) is 0. The van der Waals surface area contributed by atoms with Crippen LogP contribution in [0.15, 0.2) is 24.4 Å². The highest BCUT2D eigenvalue weighted by Gasteiger charge is 2.25. The van der Waals surface area contributed by atoms with E-state index >= 15 is 0 Å². The Morgan fingerprint density at radius 3 is 2.67 bits per heavy atom. The molecule has 2 nitrogen and oxygen atoms in total. The van der Waals surface area contributed by atoms with E-state index in [1.807, 2.05) is 18.2 Å². The smallest absolute Gasteiger partial charge is 0.0912 e. The molecule has 1 heterocycles. The number of nitriles is 1. The van der Waals surface area contributed by atoms with Gasteiger partial charge in [-0.1, -0.05) is 25.3 Å². The van der Waals surface area contributed by atoms with Crippen molar-refractivity contribution in [2.45, 2.75) is 38.0 Å². The number of nitrogens with zero attached hydrogens (tertiary/aromatic N) is 2. The van der Waals surface area contributed by atoms with Crippen LogP contribution >= 0.6 is 0 Å². The third-order valence-corrected chi connectivity index (χ3v) is 3.27. The van der Waals surface area contributed by atoms with E-state index in [1.165, 1.54) is 32.1 Å². The van der Waals surface area contributed by atoms with Gasteiger partial charge in [-0.3, -0.25) is 4.98 Å². The molecule has 15 heavy (non-hydrogen) atoms. The van der Waals surface area contributed by atoms with Gasteiger partial charge in [-0.2, -0.15) is 5.26 Å². The van der Waals surface area contributed by atoms with E-state index in [2.05, 4.69) is 11.1 Å². The number of hydrogen-bond donors (Lipinski definition) is 0. The zero-order chi connectivity index (χ0) is 10.5. The van der Waals surface area contributed by atoms with Gasteiger partial charge in [0.1, 0.15) is 0 Å². The summed E-state index contributed by atoms with van der Waals surface area (Å²) in [5.41, 5.74) is 0.951. The van der Waals surface area contributed by atoms with E-state index in [9.17, 15) is 5.26 Å². The summed E-state index contributed by atoms with van der Waals surface area (Å²) >= 11 is 0. The lowest BCUT2D eigenvalue weighted by Gasteiger charge is -2.25. The maximum atomic E-state index is 9.24. The largest absolute Gasteiger partial charge is 0.260 e. The van der Waals surface area contributed by atoms with Crippen LogP contribution in [-0.2, 0) is 0 Å². The monoisotopic (exact) mass is 200 g/mol. The van der Waals surface area contributed by atoms with Crippen LogP contribution in [0.3, 0.4) is 0 Å². The Morgan fingerprint density at radius 1 is 1.27 bits per heavy atom. The first-order valence-corrected chi connectivity index (χ1v) is 5.72. The molecule has 0 aromatic carbocycles. The Bertz CT molecular complexity index is 333. The third kappa shape index (κ3) is 2.36. The molecular formula is C13H16N2. The minimum Gasteiger partial charge on any atom is -0.260 e. The van der Waals surface area contributed by atoms with Gasteiger partial charge in [0.25, 0.3) is 0 Å². The fourth-order valence-corrected chi connectivity index (χ4v) is 2.44. The van der Waals surface area contributed by atoms with Crippen molar-refractivity contribution < 1.29 is 0 Å². The van der Waals surface area contributed by atoms with Crippen LogP contribution in [0.2, 0.25) is 0 Å². The molecule has 1 aliphatic carbocycles. The van der Waals surface area contributed by atoms with Gasteiger partial charge in [-0.05, 0) is 30.9 Å². The second-order valence-corrected chi connectivity index (χ2v) is 4.26. The highest BCUT2D eigenvalue weighted by Crippen LogP contribution is 2.34. The molecule has 0 saturated heterocycles. The Labute approximate surface area is 91.0 Å². The van der Waals surface area contributed by atoms with E-state index in [1.54, 1.807) is 6.20 Å². The van der Waals surface area contributed by atoms with Crippen LogP contribution in [0.25, 0.3) is 0 Å². The van der Waals surface area contributed by atoms with Crippen LogP contribution < -0.4 is 0 Å². The second kappa shape index (κ2) is 4.93. The first-order valence-electron chi connectivity index (χ1n) is 5.72. The minimum absolute atomic E-state index is 0.00602. The molecule has 0 amide bonds. The second-order valence-electron chi connectivity index (χ2n) is 4.26. The number of aromatic nitrogens is 1. The summed E-state index contributed by atoms with van der Waals surface area (Å²) in [5, 5.41) is 9.24. The Morgan fingerprint density at radius 2 is 2.07 bits per heavy atom. The van der Waals surface area contributed by atoms with E-state index in [-0.39, 0.29) is 5.92 Å². The van der Waals surface area contributed by atoms with Crippen molar-refractivity contribution in [3.8, 4) is 6.07 Å². The first kappa shape index (κ1) is 10.2. The van der Waals surface area contributed by atoms with Crippen molar-refractivity contribution in [2.75, 3.05) is 0 Å². The molecule has 1 fully saturated rings. The number of hydrogen-bond acceptors (Lipinski definition) is 2. The number of rotatable bonds is 2. The molecule has 2 heteroatoms. The predicted octanol–water partition coefficient (Wildman–Crippen LogP) is 3.27. The summed E-state index contributed by atoms with van der Waals surface area (Å²) in [4.78, 5) is 4.30. The molecule has 2 rings (SSSR count). The van der Waals surface area contributed by atoms with E-state index < -0.39 is 0 Å². The highest BCUT2D eigenvalue weighted by atomic mass is 14.7. The van der Waals surface area contributed by atoms with Crippen LogP contribution in [-0.4, -0.2) is 4.98 Å². The summed E-state index contributed by atoms with van der Waals surface area (Å²) in [5.74, 6) is 0.533. The maximum Gasteiger partial charge on any atom is 0.0912 e. The molecule has 1 aliphatic rings. The molecule has 1 aromatic rings. The fourth-order valence-electron chi connectivity index (χ4n) is 2.44.